The van der Waals surface area contributed by atoms with Crippen molar-refractivity contribution in [3.05, 3.63) is 52.6 Å². The Balaban J connectivity index is 1.23. The molecule has 3 aromatic rings. The SMILES string of the molecule is Nc1cc(OC(F)(F)F)ccc1C(=O)N1CCC(c2c(F)cnc3[nH]c4c(c23)C[C@]2(CCNC2=O)CC4)CC1. The van der Waals surface area contributed by atoms with E-state index in [0.29, 0.717) is 56.5 Å². The number of H-pyrrole nitrogens is 1. The number of alkyl halides is 3. The van der Waals surface area contributed by atoms with Crippen LogP contribution in [0.3, 0.4) is 0 Å². The molecular formula is C27H27F4N5O3. The van der Waals surface area contributed by atoms with Gasteiger partial charge in [-0.1, -0.05) is 0 Å². The average molecular weight is 546 g/mol. The average Bonchev–Trinajstić information content (AvgIpc) is 3.43. The van der Waals surface area contributed by atoms with Gasteiger partial charge in [0, 0.05) is 48.0 Å². The highest BCUT2D eigenvalue weighted by molar-refractivity contribution is 5.99. The number of likely N-dealkylation sites (tertiary alicyclic amines) is 1. The van der Waals surface area contributed by atoms with Gasteiger partial charge < -0.3 is 25.7 Å². The number of aryl methyl sites for hydroxylation is 1. The summed E-state index contributed by atoms with van der Waals surface area (Å²) in [6.07, 6.45) is 0.0620. The van der Waals surface area contributed by atoms with Gasteiger partial charge in [-0.15, -0.1) is 13.2 Å². The molecule has 0 unspecified atom stereocenters. The number of anilines is 1. The minimum Gasteiger partial charge on any atom is -0.406 e. The molecule has 2 amide bonds. The van der Waals surface area contributed by atoms with E-state index >= 15 is 4.39 Å². The fourth-order valence-electron chi connectivity index (χ4n) is 6.47. The van der Waals surface area contributed by atoms with E-state index in [9.17, 15) is 22.8 Å². The number of nitrogens with zero attached hydrogens (tertiary/aromatic N) is 2. The number of nitrogens with one attached hydrogen (secondary N) is 2. The Morgan fingerprint density at radius 1 is 1.21 bits per heavy atom. The van der Waals surface area contributed by atoms with Crippen molar-refractivity contribution in [2.45, 2.75) is 50.8 Å². The number of rotatable bonds is 3. The third kappa shape index (κ3) is 4.45. The van der Waals surface area contributed by atoms with Crippen molar-refractivity contribution in [1.29, 1.82) is 0 Å². The normalized spacial score (nSPS) is 21.8. The van der Waals surface area contributed by atoms with Crippen molar-refractivity contribution < 1.29 is 31.9 Å². The lowest BCUT2D eigenvalue weighted by Gasteiger charge is -2.34. The molecule has 2 fully saturated rings. The number of aromatic amines is 1. The summed E-state index contributed by atoms with van der Waals surface area (Å²) in [4.78, 5) is 35.0. The van der Waals surface area contributed by atoms with Gasteiger partial charge >= 0.3 is 6.36 Å². The topological polar surface area (TPSA) is 113 Å². The van der Waals surface area contributed by atoms with Gasteiger partial charge in [0.2, 0.25) is 5.91 Å². The minimum absolute atomic E-state index is 0.0532. The molecule has 0 radical (unpaired) electrons. The first-order valence-electron chi connectivity index (χ1n) is 13.0. The van der Waals surface area contributed by atoms with E-state index in [4.69, 9.17) is 5.73 Å². The number of hydrogen-bond donors (Lipinski definition) is 3. The van der Waals surface area contributed by atoms with Crippen molar-refractivity contribution in [1.82, 2.24) is 20.2 Å². The van der Waals surface area contributed by atoms with Crippen LogP contribution < -0.4 is 15.8 Å². The summed E-state index contributed by atoms with van der Waals surface area (Å²) in [5, 5.41) is 3.69. The molecule has 2 aliphatic heterocycles. The molecule has 6 rings (SSSR count). The molecule has 206 valence electrons. The smallest absolute Gasteiger partial charge is 0.406 e. The van der Waals surface area contributed by atoms with Gasteiger partial charge in [0.15, 0.2) is 0 Å². The fraction of sp³-hybridized carbons (Fsp3) is 0.444. The molecule has 1 spiro atoms. The number of aromatic nitrogens is 2. The molecule has 1 aliphatic carbocycles. The van der Waals surface area contributed by atoms with E-state index in [1.54, 1.807) is 4.90 Å². The lowest BCUT2D eigenvalue weighted by molar-refractivity contribution is -0.274. The maximum atomic E-state index is 15.4. The van der Waals surface area contributed by atoms with Crippen molar-refractivity contribution >= 4 is 28.5 Å². The molecule has 2 saturated heterocycles. The second-order valence-corrected chi connectivity index (χ2v) is 10.7. The number of fused-ring (bicyclic) bond motifs is 3. The number of pyridine rings is 1. The molecule has 39 heavy (non-hydrogen) atoms. The molecule has 8 nitrogen and oxygen atoms in total. The predicted molar refractivity (Wildman–Crippen MR) is 134 cm³/mol. The van der Waals surface area contributed by atoms with Crippen molar-refractivity contribution in [2.75, 3.05) is 25.4 Å². The summed E-state index contributed by atoms with van der Waals surface area (Å²) >= 11 is 0. The third-order valence-electron chi connectivity index (χ3n) is 8.42. The lowest BCUT2D eigenvalue weighted by Crippen LogP contribution is -2.38. The molecule has 0 bridgehead atoms. The van der Waals surface area contributed by atoms with E-state index < -0.39 is 29.3 Å². The van der Waals surface area contributed by atoms with E-state index in [1.165, 1.54) is 12.3 Å². The Morgan fingerprint density at radius 2 is 1.97 bits per heavy atom. The standard InChI is InChI=1S/C27H27F4N5O3/c28-18-13-34-23-22(17-12-26(6-3-20(17)35-23)7-8-33-25(26)38)21(18)14-4-9-36(10-5-14)24(37)16-2-1-15(11-19(16)32)39-27(29,30)31/h1-2,11,13-14H,3-10,12,32H2,(H,33,38)(H,34,35)/t26-/m1/s1. The number of amides is 2. The number of benzene rings is 1. The molecular weight excluding hydrogens is 518 g/mol. The first kappa shape index (κ1) is 25.4. The summed E-state index contributed by atoms with van der Waals surface area (Å²) in [5.41, 5.74) is 8.50. The van der Waals surface area contributed by atoms with Crippen LogP contribution in [-0.2, 0) is 17.6 Å². The van der Waals surface area contributed by atoms with Crippen LogP contribution in [0.4, 0.5) is 23.2 Å². The number of carbonyl (C=O) groups is 2. The van der Waals surface area contributed by atoms with Crippen molar-refractivity contribution in [3.63, 3.8) is 0 Å². The molecule has 0 saturated carbocycles. The molecule has 1 aromatic carbocycles. The molecule has 4 N–H and O–H groups in total. The maximum absolute atomic E-state index is 15.4. The van der Waals surface area contributed by atoms with Gasteiger partial charge in [0.05, 0.1) is 17.2 Å². The number of piperidine rings is 1. The summed E-state index contributed by atoms with van der Waals surface area (Å²) in [5.74, 6) is -1.43. The molecule has 12 heteroatoms. The summed E-state index contributed by atoms with van der Waals surface area (Å²) in [6, 6.07) is 3.25. The van der Waals surface area contributed by atoms with Gasteiger partial charge in [-0.3, -0.25) is 9.59 Å². The second kappa shape index (κ2) is 9.13. The van der Waals surface area contributed by atoms with Gasteiger partial charge in [-0.25, -0.2) is 9.37 Å². The minimum atomic E-state index is -4.86. The Hall–Kier alpha value is -3.83. The Labute approximate surface area is 220 Å². The number of nitrogen functional groups attached to an aromatic ring is 1. The summed E-state index contributed by atoms with van der Waals surface area (Å²) in [6.45, 7) is 1.29. The highest BCUT2D eigenvalue weighted by Gasteiger charge is 2.46. The Bertz CT molecular complexity index is 1480. The zero-order chi connectivity index (χ0) is 27.5. The van der Waals surface area contributed by atoms with Crippen LogP contribution in [-0.4, -0.2) is 52.7 Å². The van der Waals surface area contributed by atoms with Gasteiger partial charge in [0.1, 0.15) is 17.2 Å². The number of carbonyl (C=O) groups excluding carboxylic acids is 2. The lowest BCUT2D eigenvalue weighted by atomic mass is 9.71. The van der Waals surface area contributed by atoms with E-state index in [0.717, 1.165) is 41.6 Å². The van der Waals surface area contributed by atoms with Crippen LogP contribution in [0.25, 0.3) is 11.0 Å². The molecule has 3 aliphatic rings. The number of halogens is 4. The highest BCUT2D eigenvalue weighted by atomic mass is 19.4. The molecule has 4 heterocycles. The van der Waals surface area contributed by atoms with Crippen LogP contribution in [0.15, 0.2) is 24.4 Å². The molecule has 1 atom stereocenters. The Kier molecular flexibility index (Phi) is 5.96. The van der Waals surface area contributed by atoms with Gasteiger partial charge in [-0.2, -0.15) is 0 Å². The van der Waals surface area contributed by atoms with Crippen molar-refractivity contribution in [3.8, 4) is 5.75 Å². The second-order valence-electron chi connectivity index (χ2n) is 10.7. The zero-order valence-corrected chi connectivity index (χ0v) is 21.0. The zero-order valence-electron chi connectivity index (χ0n) is 21.0. The predicted octanol–water partition coefficient (Wildman–Crippen LogP) is 4.20. The van der Waals surface area contributed by atoms with Gasteiger partial charge in [-0.05, 0) is 62.1 Å². The largest absolute Gasteiger partial charge is 0.573 e. The van der Waals surface area contributed by atoms with Crippen LogP contribution in [0.5, 0.6) is 5.75 Å². The van der Waals surface area contributed by atoms with Crippen LogP contribution >= 0.6 is 0 Å². The Morgan fingerprint density at radius 3 is 2.64 bits per heavy atom. The monoisotopic (exact) mass is 545 g/mol. The highest BCUT2D eigenvalue weighted by Crippen LogP contribution is 2.45. The fourth-order valence-corrected chi connectivity index (χ4v) is 6.47. The number of nitrogens with two attached hydrogens (primary N) is 1. The van der Waals surface area contributed by atoms with E-state index in [-0.39, 0.29) is 23.1 Å². The van der Waals surface area contributed by atoms with E-state index in [1.807, 2.05) is 0 Å². The number of hydrogen-bond acceptors (Lipinski definition) is 5. The van der Waals surface area contributed by atoms with Gasteiger partial charge in [0.25, 0.3) is 5.91 Å². The quantitative estimate of drug-likeness (QED) is 0.337. The summed E-state index contributed by atoms with van der Waals surface area (Å²) < 4.78 is 56.8. The first-order chi connectivity index (χ1) is 18.5. The van der Waals surface area contributed by atoms with Crippen LogP contribution in [0, 0.1) is 11.2 Å². The van der Waals surface area contributed by atoms with Crippen LogP contribution in [0.1, 0.15) is 58.8 Å². The first-order valence-corrected chi connectivity index (χ1v) is 13.0. The number of ether oxygens (including phenoxy) is 1. The van der Waals surface area contributed by atoms with E-state index in [2.05, 4.69) is 20.0 Å². The van der Waals surface area contributed by atoms with Crippen LogP contribution in [0.2, 0.25) is 0 Å². The maximum Gasteiger partial charge on any atom is 0.573 e. The molecule has 2 aromatic heterocycles. The summed E-state index contributed by atoms with van der Waals surface area (Å²) in [7, 11) is 0. The third-order valence-corrected chi connectivity index (χ3v) is 8.42. The van der Waals surface area contributed by atoms with Crippen molar-refractivity contribution in [2.24, 2.45) is 5.41 Å².